The molecule has 1 heterocycles. The summed E-state index contributed by atoms with van der Waals surface area (Å²) < 4.78 is 11.5. The third-order valence-electron chi connectivity index (χ3n) is 3.10. The summed E-state index contributed by atoms with van der Waals surface area (Å²) in [5.74, 6) is 0. The van der Waals surface area contributed by atoms with Crippen molar-refractivity contribution in [2.45, 2.75) is 51.2 Å². The van der Waals surface area contributed by atoms with E-state index in [2.05, 4.69) is 13.8 Å². The average molecular weight is 201 g/mol. The molecule has 0 aliphatic carbocycles. The van der Waals surface area contributed by atoms with E-state index in [0.717, 1.165) is 38.9 Å². The molecule has 1 saturated heterocycles. The van der Waals surface area contributed by atoms with Gasteiger partial charge in [-0.1, -0.05) is 13.8 Å². The zero-order valence-electron chi connectivity index (χ0n) is 9.42. The summed E-state index contributed by atoms with van der Waals surface area (Å²) in [6.07, 6.45) is 4.38. The van der Waals surface area contributed by atoms with Gasteiger partial charge in [0.05, 0.1) is 11.7 Å². The molecule has 1 fully saturated rings. The number of nitrogens with two attached hydrogens (primary N) is 1. The van der Waals surface area contributed by atoms with Gasteiger partial charge in [-0.3, -0.25) is 0 Å². The van der Waals surface area contributed by atoms with Crippen LogP contribution in [0.3, 0.4) is 0 Å². The lowest BCUT2D eigenvalue weighted by molar-refractivity contribution is -0.138. The molecule has 0 saturated carbocycles. The molecule has 0 amide bonds. The van der Waals surface area contributed by atoms with Crippen LogP contribution in [-0.2, 0) is 9.47 Å². The Labute approximate surface area is 86.9 Å². The number of hydrogen-bond acceptors (Lipinski definition) is 3. The SMILES string of the molecule is CCC(CC)OC1(CN)CCOCC1. The topological polar surface area (TPSA) is 44.5 Å². The van der Waals surface area contributed by atoms with Crippen molar-refractivity contribution in [1.29, 1.82) is 0 Å². The quantitative estimate of drug-likeness (QED) is 0.736. The Morgan fingerprint density at radius 3 is 2.29 bits per heavy atom. The average Bonchev–Trinajstić information content (AvgIpc) is 2.27. The second-order valence-electron chi connectivity index (χ2n) is 4.06. The van der Waals surface area contributed by atoms with Crippen LogP contribution < -0.4 is 5.73 Å². The molecule has 0 bridgehead atoms. The number of ether oxygens (including phenoxy) is 2. The zero-order valence-corrected chi connectivity index (χ0v) is 9.42. The first-order chi connectivity index (χ1) is 6.76. The molecule has 1 rings (SSSR count). The fourth-order valence-corrected chi connectivity index (χ4v) is 1.92. The van der Waals surface area contributed by atoms with Crippen molar-refractivity contribution in [3.8, 4) is 0 Å². The summed E-state index contributed by atoms with van der Waals surface area (Å²) in [5.41, 5.74) is 5.71. The van der Waals surface area contributed by atoms with Crippen molar-refractivity contribution in [1.82, 2.24) is 0 Å². The first-order valence-corrected chi connectivity index (χ1v) is 5.72. The van der Waals surface area contributed by atoms with Gasteiger partial charge in [0.2, 0.25) is 0 Å². The molecule has 0 aromatic carbocycles. The van der Waals surface area contributed by atoms with Crippen LogP contribution in [-0.4, -0.2) is 31.5 Å². The van der Waals surface area contributed by atoms with E-state index in [1.165, 1.54) is 0 Å². The highest BCUT2D eigenvalue weighted by Crippen LogP contribution is 2.27. The fourth-order valence-electron chi connectivity index (χ4n) is 1.92. The predicted octanol–water partition coefficient (Wildman–Crippen LogP) is 1.70. The van der Waals surface area contributed by atoms with Gasteiger partial charge in [0.25, 0.3) is 0 Å². The third-order valence-corrected chi connectivity index (χ3v) is 3.10. The Balaban J connectivity index is 2.50. The second-order valence-corrected chi connectivity index (χ2v) is 4.06. The first-order valence-electron chi connectivity index (χ1n) is 5.72. The molecule has 14 heavy (non-hydrogen) atoms. The molecule has 1 aliphatic heterocycles. The van der Waals surface area contributed by atoms with E-state index in [0.29, 0.717) is 12.6 Å². The number of rotatable bonds is 5. The van der Waals surface area contributed by atoms with Crippen molar-refractivity contribution in [3.05, 3.63) is 0 Å². The Kier molecular flexibility index (Phi) is 4.85. The summed E-state index contributed by atoms with van der Waals surface area (Å²) in [5, 5.41) is 0. The van der Waals surface area contributed by atoms with Gasteiger partial charge in [-0.05, 0) is 12.8 Å². The Hall–Kier alpha value is -0.120. The van der Waals surface area contributed by atoms with Gasteiger partial charge in [-0.15, -0.1) is 0 Å². The van der Waals surface area contributed by atoms with Crippen LogP contribution in [0.15, 0.2) is 0 Å². The van der Waals surface area contributed by atoms with Crippen LogP contribution in [0.4, 0.5) is 0 Å². The van der Waals surface area contributed by atoms with Crippen molar-refractivity contribution in [2.24, 2.45) is 5.73 Å². The standard InChI is InChI=1S/C11H23NO2/c1-3-10(4-2)14-11(9-12)5-7-13-8-6-11/h10H,3-9,12H2,1-2H3. The lowest BCUT2D eigenvalue weighted by Gasteiger charge is -2.38. The van der Waals surface area contributed by atoms with Crippen molar-refractivity contribution in [2.75, 3.05) is 19.8 Å². The van der Waals surface area contributed by atoms with Crippen LogP contribution in [0.1, 0.15) is 39.5 Å². The van der Waals surface area contributed by atoms with Gasteiger partial charge >= 0.3 is 0 Å². The van der Waals surface area contributed by atoms with E-state index >= 15 is 0 Å². The lowest BCUT2D eigenvalue weighted by atomic mass is 9.93. The molecule has 2 N–H and O–H groups in total. The Morgan fingerprint density at radius 1 is 1.29 bits per heavy atom. The van der Waals surface area contributed by atoms with E-state index in [4.69, 9.17) is 15.2 Å². The monoisotopic (exact) mass is 201 g/mol. The van der Waals surface area contributed by atoms with Crippen LogP contribution >= 0.6 is 0 Å². The van der Waals surface area contributed by atoms with Gasteiger partial charge in [0, 0.05) is 32.6 Å². The van der Waals surface area contributed by atoms with Crippen LogP contribution in [0.2, 0.25) is 0 Å². The van der Waals surface area contributed by atoms with E-state index < -0.39 is 0 Å². The van der Waals surface area contributed by atoms with E-state index in [1.807, 2.05) is 0 Å². The highest BCUT2D eigenvalue weighted by Gasteiger charge is 2.33. The molecule has 1 aliphatic rings. The molecule has 0 radical (unpaired) electrons. The summed E-state index contributed by atoms with van der Waals surface area (Å²) in [6.45, 7) is 6.52. The largest absolute Gasteiger partial charge is 0.381 e. The molecule has 3 heteroatoms. The molecule has 0 spiro atoms. The van der Waals surface area contributed by atoms with Crippen molar-refractivity contribution in [3.63, 3.8) is 0 Å². The smallest absolute Gasteiger partial charge is 0.0851 e. The lowest BCUT2D eigenvalue weighted by Crippen LogP contribution is -2.47. The molecule has 84 valence electrons. The van der Waals surface area contributed by atoms with E-state index in [9.17, 15) is 0 Å². The maximum Gasteiger partial charge on any atom is 0.0851 e. The van der Waals surface area contributed by atoms with E-state index in [-0.39, 0.29) is 5.60 Å². The third kappa shape index (κ3) is 2.94. The Morgan fingerprint density at radius 2 is 1.86 bits per heavy atom. The minimum absolute atomic E-state index is 0.102. The maximum atomic E-state index is 6.12. The van der Waals surface area contributed by atoms with Crippen molar-refractivity contribution >= 4 is 0 Å². The van der Waals surface area contributed by atoms with Gasteiger partial charge < -0.3 is 15.2 Å². The van der Waals surface area contributed by atoms with Crippen molar-refractivity contribution < 1.29 is 9.47 Å². The summed E-state index contributed by atoms with van der Waals surface area (Å²) in [4.78, 5) is 0. The highest BCUT2D eigenvalue weighted by molar-refractivity contribution is 4.85. The highest BCUT2D eigenvalue weighted by atomic mass is 16.5. The fraction of sp³-hybridized carbons (Fsp3) is 1.00. The minimum Gasteiger partial charge on any atom is -0.381 e. The summed E-state index contributed by atoms with van der Waals surface area (Å²) >= 11 is 0. The van der Waals surface area contributed by atoms with Crippen LogP contribution in [0.25, 0.3) is 0 Å². The number of hydrogen-bond donors (Lipinski definition) is 1. The second kappa shape index (κ2) is 5.69. The Bertz CT molecular complexity index is 151. The van der Waals surface area contributed by atoms with Gasteiger partial charge in [0.1, 0.15) is 0 Å². The van der Waals surface area contributed by atoms with Crippen LogP contribution in [0.5, 0.6) is 0 Å². The molecule has 0 unspecified atom stereocenters. The minimum atomic E-state index is -0.102. The van der Waals surface area contributed by atoms with Crippen LogP contribution in [0, 0.1) is 0 Å². The maximum absolute atomic E-state index is 6.12. The summed E-state index contributed by atoms with van der Waals surface area (Å²) in [7, 11) is 0. The van der Waals surface area contributed by atoms with Gasteiger partial charge in [0.15, 0.2) is 0 Å². The molecule has 0 aromatic heterocycles. The normalized spacial score (nSPS) is 21.4. The predicted molar refractivity (Wildman–Crippen MR) is 57.3 cm³/mol. The molecule has 0 atom stereocenters. The molecular weight excluding hydrogens is 178 g/mol. The van der Waals surface area contributed by atoms with E-state index in [1.54, 1.807) is 0 Å². The summed E-state index contributed by atoms with van der Waals surface area (Å²) in [6, 6.07) is 0. The van der Waals surface area contributed by atoms with Gasteiger partial charge in [-0.25, -0.2) is 0 Å². The first kappa shape index (κ1) is 12.0. The molecule has 0 aromatic rings. The molecular formula is C11H23NO2. The molecule has 3 nitrogen and oxygen atoms in total. The zero-order chi connectivity index (χ0) is 10.4. The van der Waals surface area contributed by atoms with Gasteiger partial charge in [-0.2, -0.15) is 0 Å².